The zero-order valence-electron chi connectivity index (χ0n) is 13.4. The fourth-order valence-corrected chi connectivity index (χ4v) is 3.72. The number of phosphoric ester groups is 1. The lowest BCUT2D eigenvalue weighted by Gasteiger charge is -2.28. The molecule has 132 valence electrons. The van der Waals surface area contributed by atoms with E-state index >= 15 is 0 Å². The van der Waals surface area contributed by atoms with Crippen LogP contribution in [0.2, 0.25) is 0 Å². The van der Waals surface area contributed by atoms with E-state index in [0.29, 0.717) is 25.2 Å². The minimum Gasteiger partial charge on any atom is -0.342 e. The van der Waals surface area contributed by atoms with Crippen LogP contribution in [0.5, 0.6) is 0 Å². The largest absolute Gasteiger partial charge is 0.474 e. The van der Waals surface area contributed by atoms with Crippen LogP contribution in [0.15, 0.2) is 27.9 Å². The van der Waals surface area contributed by atoms with Crippen molar-refractivity contribution in [3.05, 3.63) is 44.8 Å². The van der Waals surface area contributed by atoms with E-state index in [9.17, 15) is 14.2 Å². The SMILES string of the molecule is Cc1cn([C@H]2C=C[C@@](C)(COP3(=O)OCCCO3)O2)c(=O)[nH]c1=O. The second kappa shape index (κ2) is 6.42. The summed E-state index contributed by atoms with van der Waals surface area (Å²) in [7, 11) is -3.55. The molecule has 3 rings (SSSR count). The number of rotatable bonds is 4. The summed E-state index contributed by atoms with van der Waals surface area (Å²) in [6.45, 7) is 3.90. The Bertz CT molecular complexity index is 804. The zero-order chi connectivity index (χ0) is 17.4. The quantitative estimate of drug-likeness (QED) is 0.637. The van der Waals surface area contributed by atoms with Gasteiger partial charge in [-0.05, 0) is 26.3 Å². The second-order valence-corrected chi connectivity index (χ2v) is 7.57. The molecule has 10 heteroatoms. The first kappa shape index (κ1) is 17.3. The van der Waals surface area contributed by atoms with Crippen LogP contribution in [0.3, 0.4) is 0 Å². The first-order valence-electron chi connectivity index (χ1n) is 7.53. The Balaban J connectivity index is 1.69. The van der Waals surface area contributed by atoms with Crippen molar-refractivity contribution in [1.29, 1.82) is 0 Å². The molecule has 24 heavy (non-hydrogen) atoms. The van der Waals surface area contributed by atoms with E-state index in [-0.39, 0.29) is 6.61 Å². The summed E-state index contributed by atoms with van der Waals surface area (Å²) in [4.78, 5) is 25.6. The Morgan fingerprint density at radius 3 is 2.83 bits per heavy atom. The van der Waals surface area contributed by atoms with Crippen LogP contribution in [0, 0.1) is 6.92 Å². The Labute approximate surface area is 137 Å². The summed E-state index contributed by atoms with van der Waals surface area (Å²) >= 11 is 0. The van der Waals surface area contributed by atoms with Gasteiger partial charge in [0.1, 0.15) is 5.60 Å². The number of H-pyrrole nitrogens is 1. The molecule has 3 heterocycles. The highest BCUT2D eigenvalue weighted by atomic mass is 31.2. The van der Waals surface area contributed by atoms with Crippen LogP contribution in [0.1, 0.15) is 25.1 Å². The van der Waals surface area contributed by atoms with E-state index in [1.54, 1.807) is 26.0 Å². The number of nitrogens with one attached hydrogen (secondary N) is 1. The molecule has 0 spiro atoms. The molecule has 2 aliphatic rings. The predicted octanol–water partition coefficient (Wildman–Crippen LogP) is 1.25. The molecule has 1 N–H and O–H groups in total. The van der Waals surface area contributed by atoms with Gasteiger partial charge < -0.3 is 4.74 Å². The molecule has 1 fully saturated rings. The monoisotopic (exact) mass is 358 g/mol. The smallest absolute Gasteiger partial charge is 0.342 e. The van der Waals surface area contributed by atoms with Crippen molar-refractivity contribution in [2.45, 2.75) is 32.1 Å². The second-order valence-electron chi connectivity index (χ2n) is 5.90. The summed E-state index contributed by atoms with van der Waals surface area (Å²) in [5.74, 6) is 0. The maximum atomic E-state index is 12.2. The molecule has 0 amide bonds. The van der Waals surface area contributed by atoms with Crippen LogP contribution in [0.25, 0.3) is 0 Å². The highest BCUT2D eigenvalue weighted by Crippen LogP contribution is 2.52. The molecule has 0 unspecified atom stereocenters. The van der Waals surface area contributed by atoms with Gasteiger partial charge in [0.15, 0.2) is 6.23 Å². The van der Waals surface area contributed by atoms with E-state index in [4.69, 9.17) is 18.3 Å². The standard InChI is InChI=1S/C14H19N2O7P/c1-10-8-16(13(18)15-12(10)17)11-4-5-14(2,23-11)9-22-24(19)20-6-3-7-21-24/h4-5,8,11H,3,6-7,9H2,1-2H3,(H,15,17,18)/t11-,14+/m1/s1. The van der Waals surface area contributed by atoms with E-state index in [1.807, 2.05) is 0 Å². The minimum atomic E-state index is -3.55. The molecule has 1 saturated heterocycles. The molecule has 1 aromatic rings. The van der Waals surface area contributed by atoms with Crippen molar-refractivity contribution in [2.75, 3.05) is 19.8 Å². The topological polar surface area (TPSA) is 109 Å². The van der Waals surface area contributed by atoms with E-state index in [0.717, 1.165) is 0 Å². The molecule has 9 nitrogen and oxygen atoms in total. The molecule has 2 atom stereocenters. The van der Waals surface area contributed by atoms with Gasteiger partial charge in [0.25, 0.3) is 5.56 Å². The van der Waals surface area contributed by atoms with Gasteiger partial charge in [0, 0.05) is 11.8 Å². The first-order valence-corrected chi connectivity index (χ1v) is 8.99. The van der Waals surface area contributed by atoms with Gasteiger partial charge in [-0.1, -0.05) is 6.08 Å². The van der Waals surface area contributed by atoms with Crippen molar-refractivity contribution in [2.24, 2.45) is 0 Å². The molecule has 0 aliphatic carbocycles. The van der Waals surface area contributed by atoms with Gasteiger partial charge in [0.05, 0.1) is 19.8 Å². The van der Waals surface area contributed by atoms with Crippen molar-refractivity contribution in [3.8, 4) is 0 Å². The molecule has 0 bridgehead atoms. The predicted molar refractivity (Wildman–Crippen MR) is 83.8 cm³/mol. The molecular weight excluding hydrogens is 339 g/mol. The van der Waals surface area contributed by atoms with E-state index in [1.165, 1.54) is 10.8 Å². The summed E-state index contributed by atoms with van der Waals surface area (Å²) in [6, 6.07) is 0. The Kier molecular flexibility index (Phi) is 4.63. The average molecular weight is 358 g/mol. The number of nitrogens with zero attached hydrogens (tertiary/aromatic N) is 1. The van der Waals surface area contributed by atoms with Crippen molar-refractivity contribution in [1.82, 2.24) is 9.55 Å². The van der Waals surface area contributed by atoms with Crippen molar-refractivity contribution in [3.63, 3.8) is 0 Å². The normalized spacial score (nSPS) is 29.0. The third-order valence-corrected chi connectivity index (χ3v) is 5.16. The zero-order valence-corrected chi connectivity index (χ0v) is 14.3. The number of aromatic amines is 1. The van der Waals surface area contributed by atoms with Gasteiger partial charge in [-0.15, -0.1) is 0 Å². The number of hydrogen-bond acceptors (Lipinski definition) is 7. The van der Waals surface area contributed by atoms with Gasteiger partial charge in [-0.2, -0.15) is 0 Å². The number of phosphoric acid groups is 1. The number of aromatic nitrogens is 2. The van der Waals surface area contributed by atoms with Crippen molar-refractivity contribution < 1.29 is 22.9 Å². The summed E-state index contributed by atoms with van der Waals surface area (Å²) in [6.07, 6.45) is 4.77. The molecule has 2 aliphatic heterocycles. The molecule has 0 radical (unpaired) electrons. The average Bonchev–Trinajstić information content (AvgIpc) is 2.93. The number of hydrogen-bond donors (Lipinski definition) is 1. The Hall–Kier alpha value is -1.51. The first-order chi connectivity index (χ1) is 11.3. The van der Waals surface area contributed by atoms with Gasteiger partial charge in [0.2, 0.25) is 0 Å². The van der Waals surface area contributed by atoms with Gasteiger partial charge >= 0.3 is 13.5 Å². The summed E-state index contributed by atoms with van der Waals surface area (Å²) < 4.78 is 34.7. The third-order valence-electron chi connectivity index (χ3n) is 3.72. The molecule has 0 aromatic carbocycles. The lowest BCUT2D eigenvalue weighted by atomic mass is 10.1. The maximum absolute atomic E-state index is 12.2. The summed E-state index contributed by atoms with van der Waals surface area (Å²) in [5.41, 5.74) is -1.52. The number of aryl methyl sites for hydroxylation is 1. The fraction of sp³-hybridized carbons (Fsp3) is 0.571. The van der Waals surface area contributed by atoms with Gasteiger partial charge in [-0.25, -0.2) is 9.36 Å². The van der Waals surface area contributed by atoms with Crippen LogP contribution in [0.4, 0.5) is 0 Å². The van der Waals surface area contributed by atoms with Crippen LogP contribution in [-0.4, -0.2) is 35.0 Å². The maximum Gasteiger partial charge on any atom is 0.474 e. The Morgan fingerprint density at radius 2 is 2.12 bits per heavy atom. The third kappa shape index (κ3) is 3.60. The molecular formula is C14H19N2O7P. The lowest BCUT2D eigenvalue weighted by molar-refractivity contribution is -0.0759. The molecule has 0 saturated carbocycles. The van der Waals surface area contributed by atoms with E-state index in [2.05, 4.69) is 4.98 Å². The van der Waals surface area contributed by atoms with Crippen molar-refractivity contribution >= 4 is 7.82 Å². The fourth-order valence-electron chi connectivity index (χ4n) is 2.38. The van der Waals surface area contributed by atoms with Crippen LogP contribution < -0.4 is 11.2 Å². The number of ether oxygens (including phenoxy) is 1. The molecule has 1 aromatic heterocycles. The van der Waals surface area contributed by atoms with Gasteiger partial charge in [-0.3, -0.25) is 27.9 Å². The minimum absolute atomic E-state index is 0.0611. The van der Waals surface area contributed by atoms with Crippen LogP contribution in [-0.2, 0) is 22.9 Å². The summed E-state index contributed by atoms with van der Waals surface area (Å²) in [5, 5.41) is 0. The highest BCUT2D eigenvalue weighted by Gasteiger charge is 2.38. The highest BCUT2D eigenvalue weighted by molar-refractivity contribution is 7.48. The lowest BCUT2D eigenvalue weighted by Crippen LogP contribution is -2.36. The van der Waals surface area contributed by atoms with E-state index < -0.39 is 30.9 Å². The Morgan fingerprint density at radius 1 is 1.42 bits per heavy atom. The van der Waals surface area contributed by atoms with Crippen LogP contribution >= 0.6 is 7.82 Å².